The van der Waals surface area contributed by atoms with Gasteiger partial charge in [0.2, 0.25) is 0 Å². The van der Waals surface area contributed by atoms with Gasteiger partial charge in [0.15, 0.2) is 0 Å². The van der Waals surface area contributed by atoms with E-state index in [0.717, 1.165) is 41.5 Å². The minimum Gasteiger partial charge on any atom is -0.298 e. The second kappa shape index (κ2) is 5.54. The van der Waals surface area contributed by atoms with E-state index in [4.69, 9.17) is 11.6 Å². The summed E-state index contributed by atoms with van der Waals surface area (Å²) < 4.78 is 0. The summed E-state index contributed by atoms with van der Waals surface area (Å²) in [4.78, 5) is 19.1. The van der Waals surface area contributed by atoms with Crippen molar-refractivity contribution in [1.82, 2.24) is 4.98 Å². The Kier molecular flexibility index (Phi) is 3.76. The summed E-state index contributed by atoms with van der Waals surface area (Å²) in [5.41, 5.74) is 1.74. The molecule has 2 aromatic rings. The van der Waals surface area contributed by atoms with Crippen LogP contribution in [-0.2, 0) is 6.42 Å². The van der Waals surface area contributed by atoms with Crippen LogP contribution in [0, 0.1) is 6.92 Å². The number of thiazole rings is 1. The molecule has 1 aromatic heterocycles. The van der Waals surface area contributed by atoms with Crippen molar-refractivity contribution >= 4 is 33.8 Å². The highest BCUT2D eigenvalue weighted by Gasteiger charge is 2.25. The maximum Gasteiger partial charge on any atom is 0.258 e. The number of fused-ring (bicyclic) bond motifs is 1. The van der Waals surface area contributed by atoms with E-state index in [1.54, 1.807) is 35.6 Å². The van der Waals surface area contributed by atoms with Crippen molar-refractivity contribution < 1.29 is 4.79 Å². The molecular weight excluding hydrogens is 292 g/mol. The smallest absolute Gasteiger partial charge is 0.258 e. The average Bonchev–Trinajstić information content (AvgIpc) is 2.69. The maximum atomic E-state index is 12.7. The number of aryl methyl sites for hydroxylation is 2. The van der Waals surface area contributed by atoms with Crippen molar-refractivity contribution in [1.29, 1.82) is 0 Å². The molecule has 2 heterocycles. The number of hydrogen-bond acceptors (Lipinski definition) is 3. The van der Waals surface area contributed by atoms with Gasteiger partial charge in [-0.3, -0.25) is 9.69 Å². The number of carbonyl (C=O) groups excluding carboxylic acids is 1. The summed E-state index contributed by atoms with van der Waals surface area (Å²) in [6.45, 7) is 2.75. The van der Waals surface area contributed by atoms with Gasteiger partial charge < -0.3 is 0 Å². The number of amides is 1. The molecule has 1 aliphatic heterocycles. The Balaban J connectivity index is 1.96. The lowest BCUT2D eigenvalue weighted by atomic mass is 10.2. The minimum atomic E-state index is 0.0356. The minimum absolute atomic E-state index is 0.0356. The molecule has 0 saturated carbocycles. The second-order valence-corrected chi connectivity index (χ2v) is 6.52. The number of benzene rings is 1. The highest BCUT2D eigenvalue weighted by Crippen LogP contribution is 2.33. The Labute approximate surface area is 127 Å². The van der Waals surface area contributed by atoms with Gasteiger partial charge in [-0.1, -0.05) is 11.6 Å². The Morgan fingerprint density at radius 2 is 2.05 bits per heavy atom. The fourth-order valence-electron chi connectivity index (χ4n) is 2.44. The van der Waals surface area contributed by atoms with Crippen molar-refractivity contribution in [2.75, 3.05) is 11.4 Å². The van der Waals surface area contributed by atoms with Gasteiger partial charge in [0.1, 0.15) is 5.00 Å². The predicted octanol–water partition coefficient (Wildman–Crippen LogP) is 4.09. The molecule has 0 spiro atoms. The van der Waals surface area contributed by atoms with E-state index < -0.39 is 0 Å². The molecule has 0 aliphatic carbocycles. The Bertz CT molecular complexity index is 636. The summed E-state index contributed by atoms with van der Waals surface area (Å²) in [6.07, 6.45) is 3.06. The van der Waals surface area contributed by atoms with Gasteiger partial charge in [0.05, 0.1) is 10.7 Å². The number of halogens is 1. The van der Waals surface area contributed by atoms with E-state index in [0.29, 0.717) is 10.6 Å². The molecule has 1 aliphatic rings. The summed E-state index contributed by atoms with van der Waals surface area (Å²) in [5.74, 6) is 0.0356. The van der Waals surface area contributed by atoms with Crippen LogP contribution < -0.4 is 4.90 Å². The van der Waals surface area contributed by atoms with Crippen LogP contribution in [0.2, 0.25) is 5.02 Å². The SMILES string of the molecule is Cc1nc2c(s1)N(C(=O)c1ccc(Cl)cc1)CCCC2. The topological polar surface area (TPSA) is 33.2 Å². The fraction of sp³-hybridized carbons (Fsp3) is 0.333. The first kappa shape index (κ1) is 13.6. The molecule has 0 radical (unpaired) electrons. The average molecular weight is 307 g/mol. The first-order valence-corrected chi connectivity index (χ1v) is 7.88. The number of carbonyl (C=O) groups is 1. The van der Waals surface area contributed by atoms with Crippen molar-refractivity contribution in [3.8, 4) is 0 Å². The Morgan fingerprint density at radius 1 is 1.30 bits per heavy atom. The first-order chi connectivity index (χ1) is 9.65. The second-order valence-electron chi connectivity index (χ2n) is 4.91. The van der Waals surface area contributed by atoms with Gasteiger partial charge >= 0.3 is 0 Å². The van der Waals surface area contributed by atoms with Gasteiger partial charge in [-0.25, -0.2) is 4.98 Å². The molecule has 3 nitrogen and oxygen atoms in total. The summed E-state index contributed by atoms with van der Waals surface area (Å²) >= 11 is 7.49. The molecular formula is C15H15ClN2OS. The molecule has 1 amide bonds. The van der Waals surface area contributed by atoms with Gasteiger partial charge in [-0.05, 0) is 50.5 Å². The van der Waals surface area contributed by atoms with E-state index in [-0.39, 0.29) is 5.91 Å². The van der Waals surface area contributed by atoms with Crippen LogP contribution in [0.1, 0.15) is 33.9 Å². The zero-order valence-electron chi connectivity index (χ0n) is 11.2. The third-order valence-electron chi connectivity index (χ3n) is 3.41. The lowest BCUT2D eigenvalue weighted by Crippen LogP contribution is -2.31. The van der Waals surface area contributed by atoms with Crippen LogP contribution in [0.4, 0.5) is 5.00 Å². The van der Waals surface area contributed by atoms with E-state index in [2.05, 4.69) is 4.98 Å². The van der Waals surface area contributed by atoms with Crippen molar-refractivity contribution in [3.63, 3.8) is 0 Å². The van der Waals surface area contributed by atoms with Gasteiger partial charge in [-0.15, -0.1) is 11.3 Å². The molecule has 0 N–H and O–H groups in total. The lowest BCUT2D eigenvalue weighted by molar-refractivity contribution is 0.0987. The monoisotopic (exact) mass is 306 g/mol. The third-order valence-corrected chi connectivity index (χ3v) is 4.70. The summed E-state index contributed by atoms with van der Waals surface area (Å²) in [6, 6.07) is 7.07. The molecule has 0 bridgehead atoms. The Morgan fingerprint density at radius 3 is 2.80 bits per heavy atom. The van der Waals surface area contributed by atoms with Crippen LogP contribution in [0.25, 0.3) is 0 Å². The quantitative estimate of drug-likeness (QED) is 0.795. The third kappa shape index (κ3) is 2.58. The zero-order valence-corrected chi connectivity index (χ0v) is 12.8. The van der Waals surface area contributed by atoms with Crippen LogP contribution in [0.15, 0.2) is 24.3 Å². The number of rotatable bonds is 1. The fourth-order valence-corrected chi connectivity index (χ4v) is 3.55. The molecule has 0 saturated heterocycles. The molecule has 20 heavy (non-hydrogen) atoms. The highest BCUT2D eigenvalue weighted by molar-refractivity contribution is 7.16. The number of aromatic nitrogens is 1. The molecule has 5 heteroatoms. The standard InChI is InChI=1S/C15H15ClN2OS/c1-10-17-13-4-2-3-9-18(15(13)20-10)14(19)11-5-7-12(16)8-6-11/h5-8H,2-4,9H2,1H3. The summed E-state index contributed by atoms with van der Waals surface area (Å²) in [5, 5.41) is 2.68. The zero-order chi connectivity index (χ0) is 14.1. The normalized spacial score (nSPS) is 14.8. The van der Waals surface area contributed by atoms with Crippen molar-refractivity contribution in [2.24, 2.45) is 0 Å². The van der Waals surface area contributed by atoms with E-state index in [9.17, 15) is 4.79 Å². The van der Waals surface area contributed by atoms with E-state index in [1.165, 1.54) is 0 Å². The largest absolute Gasteiger partial charge is 0.298 e. The van der Waals surface area contributed by atoms with Crippen LogP contribution in [0.3, 0.4) is 0 Å². The van der Waals surface area contributed by atoms with Gasteiger partial charge in [0, 0.05) is 17.1 Å². The van der Waals surface area contributed by atoms with Gasteiger partial charge in [-0.2, -0.15) is 0 Å². The molecule has 0 fully saturated rings. The van der Waals surface area contributed by atoms with E-state index in [1.807, 2.05) is 11.8 Å². The highest BCUT2D eigenvalue weighted by atomic mass is 35.5. The van der Waals surface area contributed by atoms with E-state index >= 15 is 0 Å². The lowest BCUT2D eigenvalue weighted by Gasteiger charge is -2.20. The molecule has 0 atom stereocenters. The maximum absolute atomic E-state index is 12.7. The number of hydrogen-bond donors (Lipinski definition) is 0. The van der Waals surface area contributed by atoms with Crippen LogP contribution in [-0.4, -0.2) is 17.4 Å². The number of anilines is 1. The van der Waals surface area contributed by atoms with Crippen LogP contribution >= 0.6 is 22.9 Å². The number of nitrogens with zero attached hydrogens (tertiary/aromatic N) is 2. The Hall–Kier alpha value is -1.39. The van der Waals surface area contributed by atoms with Crippen molar-refractivity contribution in [2.45, 2.75) is 26.2 Å². The summed E-state index contributed by atoms with van der Waals surface area (Å²) in [7, 11) is 0. The van der Waals surface area contributed by atoms with Crippen molar-refractivity contribution in [3.05, 3.63) is 45.6 Å². The predicted molar refractivity (Wildman–Crippen MR) is 82.9 cm³/mol. The van der Waals surface area contributed by atoms with Crippen LogP contribution in [0.5, 0.6) is 0 Å². The first-order valence-electron chi connectivity index (χ1n) is 6.69. The molecule has 0 unspecified atom stereocenters. The van der Waals surface area contributed by atoms with Gasteiger partial charge in [0.25, 0.3) is 5.91 Å². The molecule has 3 rings (SSSR count). The molecule has 104 valence electrons. The molecule has 1 aromatic carbocycles.